The van der Waals surface area contributed by atoms with Crippen molar-refractivity contribution in [2.75, 3.05) is 18.2 Å². The Morgan fingerprint density at radius 3 is 2.76 bits per heavy atom. The predicted octanol–water partition coefficient (Wildman–Crippen LogP) is 2.57. The summed E-state index contributed by atoms with van der Waals surface area (Å²) in [4.78, 5) is 11.7. The highest BCUT2D eigenvalue weighted by Crippen LogP contribution is 2.24. The number of allylic oxidation sites excluding steroid dienone is 1. The molecule has 0 saturated carbocycles. The van der Waals surface area contributed by atoms with Crippen molar-refractivity contribution in [3.05, 3.63) is 29.8 Å². The summed E-state index contributed by atoms with van der Waals surface area (Å²) in [7, 11) is 1.55. The van der Waals surface area contributed by atoms with E-state index >= 15 is 0 Å². The number of ether oxygens (including phenoxy) is 1. The van der Waals surface area contributed by atoms with Crippen LogP contribution >= 0.6 is 0 Å². The number of carbonyl (C=O) groups excluding carboxylic acids is 1. The van der Waals surface area contributed by atoms with E-state index in [1.165, 1.54) is 0 Å². The van der Waals surface area contributed by atoms with Crippen molar-refractivity contribution in [2.24, 2.45) is 0 Å². The molecular weight excluding hydrogens is 216 g/mol. The Kier molecular flexibility index (Phi) is 4.57. The fraction of sp³-hybridized carbons (Fsp3) is 0.308. The van der Waals surface area contributed by atoms with Gasteiger partial charge in [-0.25, -0.2) is 0 Å². The number of hydrogen-bond acceptors (Lipinski definition) is 3. The molecule has 0 aliphatic rings. The second kappa shape index (κ2) is 5.94. The molecule has 0 saturated heterocycles. The molecule has 17 heavy (non-hydrogen) atoms. The third-order valence-electron chi connectivity index (χ3n) is 2.36. The molecule has 92 valence electrons. The van der Waals surface area contributed by atoms with E-state index < -0.39 is 0 Å². The molecule has 1 rings (SSSR count). The van der Waals surface area contributed by atoms with Crippen LogP contribution in [0.5, 0.6) is 5.75 Å². The first kappa shape index (κ1) is 13.1. The molecule has 0 aromatic heterocycles. The Morgan fingerprint density at radius 2 is 2.24 bits per heavy atom. The van der Waals surface area contributed by atoms with Gasteiger partial charge in [0.2, 0.25) is 0 Å². The zero-order chi connectivity index (χ0) is 12.8. The fourth-order valence-corrected chi connectivity index (χ4v) is 1.44. The van der Waals surface area contributed by atoms with Crippen molar-refractivity contribution < 1.29 is 9.53 Å². The van der Waals surface area contributed by atoms with Gasteiger partial charge in [0, 0.05) is 11.3 Å². The average molecular weight is 234 g/mol. The van der Waals surface area contributed by atoms with Gasteiger partial charge >= 0.3 is 0 Å². The molecule has 0 aliphatic heterocycles. The van der Waals surface area contributed by atoms with Gasteiger partial charge in [-0.3, -0.25) is 4.79 Å². The summed E-state index contributed by atoms with van der Waals surface area (Å²) in [5, 5.41) is 2.78. The van der Waals surface area contributed by atoms with Crippen LogP contribution in [0.25, 0.3) is 0 Å². The van der Waals surface area contributed by atoms with E-state index in [0.29, 0.717) is 22.7 Å². The van der Waals surface area contributed by atoms with E-state index in [1.807, 2.05) is 13.0 Å². The first-order chi connectivity index (χ1) is 8.08. The van der Waals surface area contributed by atoms with Gasteiger partial charge in [0.1, 0.15) is 5.75 Å². The molecule has 1 amide bonds. The van der Waals surface area contributed by atoms with E-state index in [9.17, 15) is 4.79 Å². The maximum atomic E-state index is 11.7. The Balaban J connectivity index is 2.79. The molecule has 0 bridgehead atoms. The van der Waals surface area contributed by atoms with Gasteiger partial charge in [-0.15, -0.1) is 0 Å². The summed E-state index contributed by atoms with van der Waals surface area (Å²) in [5.41, 5.74) is 7.61. The number of anilines is 2. The van der Waals surface area contributed by atoms with E-state index in [-0.39, 0.29) is 5.91 Å². The molecule has 0 unspecified atom stereocenters. The number of methoxy groups -OCH3 is 1. The second-order valence-corrected chi connectivity index (χ2v) is 3.71. The Morgan fingerprint density at radius 1 is 1.53 bits per heavy atom. The van der Waals surface area contributed by atoms with Crippen LogP contribution in [0.4, 0.5) is 11.4 Å². The molecule has 4 heteroatoms. The van der Waals surface area contributed by atoms with Crippen LogP contribution in [-0.2, 0) is 4.79 Å². The summed E-state index contributed by atoms with van der Waals surface area (Å²) in [6, 6.07) is 5.16. The van der Waals surface area contributed by atoms with Crippen molar-refractivity contribution in [1.82, 2.24) is 0 Å². The second-order valence-electron chi connectivity index (χ2n) is 3.71. The third-order valence-corrected chi connectivity index (χ3v) is 2.36. The zero-order valence-corrected chi connectivity index (χ0v) is 10.4. The van der Waals surface area contributed by atoms with Crippen molar-refractivity contribution in [3.8, 4) is 5.75 Å². The largest absolute Gasteiger partial charge is 0.495 e. The van der Waals surface area contributed by atoms with Gasteiger partial charge in [-0.2, -0.15) is 0 Å². The predicted molar refractivity (Wildman–Crippen MR) is 70.1 cm³/mol. The third kappa shape index (κ3) is 3.52. The average Bonchev–Trinajstić information content (AvgIpc) is 2.29. The van der Waals surface area contributed by atoms with Gasteiger partial charge in [0.25, 0.3) is 5.91 Å². The minimum Gasteiger partial charge on any atom is -0.495 e. The van der Waals surface area contributed by atoms with Gasteiger partial charge in [-0.1, -0.05) is 13.0 Å². The van der Waals surface area contributed by atoms with Crippen LogP contribution in [0, 0.1) is 0 Å². The van der Waals surface area contributed by atoms with Gasteiger partial charge in [0.15, 0.2) is 0 Å². The minimum absolute atomic E-state index is 0.114. The molecule has 0 spiro atoms. The molecule has 0 aliphatic carbocycles. The fourth-order valence-electron chi connectivity index (χ4n) is 1.44. The molecule has 0 heterocycles. The number of hydrogen-bond donors (Lipinski definition) is 2. The van der Waals surface area contributed by atoms with Crippen LogP contribution in [0.15, 0.2) is 29.8 Å². The minimum atomic E-state index is -0.114. The molecular formula is C13H18N2O2. The Hall–Kier alpha value is -1.97. The number of nitrogen functional groups attached to an aromatic ring is 1. The number of benzene rings is 1. The number of nitrogens with two attached hydrogens (primary N) is 1. The van der Waals surface area contributed by atoms with Gasteiger partial charge < -0.3 is 15.8 Å². The molecule has 3 N–H and O–H groups in total. The van der Waals surface area contributed by atoms with E-state index in [0.717, 1.165) is 6.42 Å². The van der Waals surface area contributed by atoms with Gasteiger partial charge in [-0.05, 0) is 31.5 Å². The van der Waals surface area contributed by atoms with Crippen LogP contribution in [0.3, 0.4) is 0 Å². The highest BCUT2D eigenvalue weighted by molar-refractivity contribution is 6.03. The monoisotopic (exact) mass is 234 g/mol. The Bertz CT molecular complexity index is 439. The summed E-state index contributed by atoms with van der Waals surface area (Å²) < 4.78 is 5.04. The molecule has 0 atom stereocenters. The standard InChI is InChI=1S/C13H18N2O2/c1-4-5-9(2)13(16)15-10-6-7-12(17-3)11(14)8-10/h5-8H,4,14H2,1-3H3,(H,15,16)/b9-5+. The molecule has 0 fully saturated rings. The number of carbonyl (C=O) groups is 1. The quantitative estimate of drug-likeness (QED) is 0.621. The topological polar surface area (TPSA) is 64.3 Å². The smallest absolute Gasteiger partial charge is 0.250 e. The SMILES string of the molecule is CC/C=C(\C)C(=O)Nc1ccc(OC)c(N)c1. The summed E-state index contributed by atoms with van der Waals surface area (Å²) in [6.45, 7) is 3.77. The lowest BCUT2D eigenvalue weighted by atomic mass is 10.2. The number of rotatable bonds is 4. The summed E-state index contributed by atoms with van der Waals surface area (Å²) in [5.74, 6) is 0.486. The van der Waals surface area contributed by atoms with E-state index in [1.54, 1.807) is 32.2 Å². The van der Waals surface area contributed by atoms with Crippen LogP contribution in [0.1, 0.15) is 20.3 Å². The lowest BCUT2D eigenvalue weighted by Crippen LogP contribution is -2.12. The van der Waals surface area contributed by atoms with Crippen molar-refractivity contribution in [1.29, 1.82) is 0 Å². The molecule has 0 radical (unpaired) electrons. The summed E-state index contributed by atoms with van der Waals surface area (Å²) in [6.07, 6.45) is 2.71. The maximum absolute atomic E-state index is 11.7. The van der Waals surface area contributed by atoms with E-state index in [4.69, 9.17) is 10.5 Å². The lowest BCUT2D eigenvalue weighted by molar-refractivity contribution is -0.112. The molecule has 1 aromatic rings. The number of nitrogens with one attached hydrogen (secondary N) is 1. The maximum Gasteiger partial charge on any atom is 0.250 e. The normalized spacial score (nSPS) is 11.1. The van der Waals surface area contributed by atoms with Crippen LogP contribution in [0.2, 0.25) is 0 Å². The van der Waals surface area contributed by atoms with Crippen LogP contribution < -0.4 is 15.8 Å². The zero-order valence-electron chi connectivity index (χ0n) is 10.4. The van der Waals surface area contributed by atoms with Crippen LogP contribution in [-0.4, -0.2) is 13.0 Å². The highest BCUT2D eigenvalue weighted by Gasteiger charge is 2.06. The first-order valence-corrected chi connectivity index (χ1v) is 5.50. The molecule has 4 nitrogen and oxygen atoms in total. The molecule has 1 aromatic carbocycles. The Labute approximate surface area is 101 Å². The highest BCUT2D eigenvalue weighted by atomic mass is 16.5. The van der Waals surface area contributed by atoms with Crippen molar-refractivity contribution in [2.45, 2.75) is 20.3 Å². The first-order valence-electron chi connectivity index (χ1n) is 5.50. The van der Waals surface area contributed by atoms with E-state index in [2.05, 4.69) is 5.32 Å². The van der Waals surface area contributed by atoms with Crippen molar-refractivity contribution >= 4 is 17.3 Å². The summed E-state index contributed by atoms with van der Waals surface area (Å²) >= 11 is 0. The lowest BCUT2D eigenvalue weighted by Gasteiger charge is -2.08. The van der Waals surface area contributed by atoms with Crippen molar-refractivity contribution in [3.63, 3.8) is 0 Å². The number of amides is 1. The van der Waals surface area contributed by atoms with Gasteiger partial charge in [0.05, 0.1) is 12.8 Å².